The molecule has 2 N–H and O–H groups in total. The molecule has 0 spiro atoms. The first kappa shape index (κ1) is 11.3. The Labute approximate surface area is 89.2 Å². The lowest BCUT2D eigenvalue weighted by Gasteiger charge is -1.98. The SMILES string of the molecule is COCc1ccc(C#CCC(N)=O)cc1. The fourth-order valence-electron chi connectivity index (χ4n) is 1.08. The van der Waals surface area contributed by atoms with E-state index >= 15 is 0 Å². The zero-order valence-electron chi connectivity index (χ0n) is 8.62. The summed E-state index contributed by atoms with van der Waals surface area (Å²) in [6.07, 6.45) is 0.0970. The predicted molar refractivity (Wildman–Crippen MR) is 57.8 cm³/mol. The van der Waals surface area contributed by atoms with Gasteiger partial charge in [-0.1, -0.05) is 24.0 Å². The zero-order chi connectivity index (χ0) is 11.1. The molecular formula is C12H13NO2. The van der Waals surface area contributed by atoms with Gasteiger partial charge >= 0.3 is 0 Å². The number of hydrogen-bond acceptors (Lipinski definition) is 2. The Hall–Kier alpha value is -1.79. The molecule has 0 saturated heterocycles. The van der Waals surface area contributed by atoms with Gasteiger partial charge in [0.1, 0.15) is 0 Å². The van der Waals surface area contributed by atoms with Gasteiger partial charge in [-0.3, -0.25) is 4.79 Å². The van der Waals surface area contributed by atoms with Crippen LogP contribution in [0.3, 0.4) is 0 Å². The van der Waals surface area contributed by atoms with Crippen LogP contribution in [-0.2, 0) is 16.1 Å². The minimum atomic E-state index is -0.404. The van der Waals surface area contributed by atoms with E-state index in [2.05, 4.69) is 11.8 Å². The van der Waals surface area contributed by atoms with E-state index < -0.39 is 5.91 Å². The van der Waals surface area contributed by atoms with Crippen molar-refractivity contribution in [1.29, 1.82) is 0 Å². The molecule has 0 saturated carbocycles. The van der Waals surface area contributed by atoms with Crippen LogP contribution in [0.4, 0.5) is 0 Å². The Morgan fingerprint density at radius 3 is 2.60 bits per heavy atom. The molecular weight excluding hydrogens is 190 g/mol. The summed E-state index contributed by atoms with van der Waals surface area (Å²) in [5.74, 6) is 5.15. The van der Waals surface area contributed by atoms with E-state index in [0.29, 0.717) is 6.61 Å². The maximum atomic E-state index is 10.4. The summed E-state index contributed by atoms with van der Waals surface area (Å²) in [5, 5.41) is 0. The number of amides is 1. The van der Waals surface area contributed by atoms with Crippen molar-refractivity contribution in [2.45, 2.75) is 13.0 Å². The topological polar surface area (TPSA) is 52.3 Å². The summed E-state index contributed by atoms with van der Waals surface area (Å²) in [6.45, 7) is 0.592. The predicted octanol–water partition coefficient (Wildman–Crippen LogP) is 1.06. The molecule has 0 unspecified atom stereocenters. The number of ether oxygens (including phenoxy) is 1. The van der Waals surface area contributed by atoms with Gasteiger partial charge in [0.2, 0.25) is 5.91 Å². The first-order valence-electron chi connectivity index (χ1n) is 4.57. The molecule has 0 atom stereocenters. The fraction of sp³-hybridized carbons (Fsp3) is 0.250. The van der Waals surface area contributed by atoms with Crippen molar-refractivity contribution < 1.29 is 9.53 Å². The molecule has 0 fully saturated rings. The zero-order valence-corrected chi connectivity index (χ0v) is 8.62. The van der Waals surface area contributed by atoms with Crippen LogP contribution in [0, 0.1) is 11.8 Å². The monoisotopic (exact) mass is 203 g/mol. The normalized spacial score (nSPS) is 9.13. The van der Waals surface area contributed by atoms with Crippen LogP contribution < -0.4 is 5.73 Å². The first-order valence-corrected chi connectivity index (χ1v) is 4.57. The second kappa shape index (κ2) is 5.84. The van der Waals surface area contributed by atoms with Gasteiger partial charge < -0.3 is 10.5 Å². The van der Waals surface area contributed by atoms with E-state index in [1.807, 2.05) is 24.3 Å². The Balaban J connectivity index is 2.62. The largest absolute Gasteiger partial charge is 0.380 e. The van der Waals surface area contributed by atoms with Crippen LogP contribution in [0.1, 0.15) is 17.5 Å². The van der Waals surface area contributed by atoms with Crippen LogP contribution in [0.2, 0.25) is 0 Å². The third kappa shape index (κ3) is 4.30. The molecule has 0 aliphatic heterocycles. The lowest BCUT2D eigenvalue weighted by molar-refractivity contribution is -0.117. The average molecular weight is 203 g/mol. The molecule has 3 nitrogen and oxygen atoms in total. The molecule has 1 amide bonds. The van der Waals surface area contributed by atoms with Crippen LogP contribution in [-0.4, -0.2) is 13.0 Å². The summed E-state index contributed by atoms with van der Waals surface area (Å²) >= 11 is 0. The van der Waals surface area contributed by atoms with Crippen molar-refractivity contribution in [1.82, 2.24) is 0 Å². The molecule has 0 radical (unpaired) electrons. The molecule has 0 heterocycles. The lowest BCUT2D eigenvalue weighted by Crippen LogP contribution is -2.08. The van der Waals surface area contributed by atoms with Crippen LogP contribution >= 0.6 is 0 Å². The molecule has 15 heavy (non-hydrogen) atoms. The van der Waals surface area contributed by atoms with E-state index in [0.717, 1.165) is 11.1 Å². The highest BCUT2D eigenvalue weighted by molar-refractivity contribution is 5.76. The van der Waals surface area contributed by atoms with Crippen LogP contribution in [0.25, 0.3) is 0 Å². The van der Waals surface area contributed by atoms with Crippen molar-refractivity contribution in [3.05, 3.63) is 35.4 Å². The maximum absolute atomic E-state index is 10.4. The Morgan fingerprint density at radius 2 is 2.07 bits per heavy atom. The second-order valence-corrected chi connectivity index (χ2v) is 3.07. The lowest BCUT2D eigenvalue weighted by atomic mass is 10.1. The highest BCUT2D eigenvalue weighted by Gasteiger charge is 1.91. The van der Waals surface area contributed by atoms with Crippen molar-refractivity contribution in [2.75, 3.05) is 7.11 Å². The molecule has 1 aromatic rings. The molecule has 78 valence electrons. The molecule has 0 aromatic heterocycles. The average Bonchev–Trinajstić information content (AvgIpc) is 2.20. The maximum Gasteiger partial charge on any atom is 0.229 e. The fourth-order valence-corrected chi connectivity index (χ4v) is 1.08. The summed E-state index contributed by atoms with van der Waals surface area (Å²) in [6, 6.07) is 7.67. The number of methoxy groups -OCH3 is 1. The van der Waals surface area contributed by atoms with E-state index in [1.165, 1.54) is 0 Å². The number of hydrogen-bond donors (Lipinski definition) is 1. The van der Waals surface area contributed by atoms with Crippen molar-refractivity contribution >= 4 is 5.91 Å². The molecule has 1 aromatic carbocycles. The van der Waals surface area contributed by atoms with Crippen molar-refractivity contribution in [3.8, 4) is 11.8 Å². The second-order valence-electron chi connectivity index (χ2n) is 3.07. The Bertz CT molecular complexity index is 384. The molecule has 1 rings (SSSR count). The number of nitrogens with two attached hydrogens (primary N) is 1. The summed E-state index contributed by atoms with van der Waals surface area (Å²) in [7, 11) is 1.65. The Kier molecular flexibility index (Phi) is 4.39. The van der Waals surface area contributed by atoms with E-state index in [4.69, 9.17) is 10.5 Å². The first-order chi connectivity index (χ1) is 7.22. The van der Waals surface area contributed by atoms with E-state index in [-0.39, 0.29) is 6.42 Å². The third-order valence-corrected chi connectivity index (χ3v) is 1.76. The standard InChI is InChI=1S/C12H13NO2/c1-15-9-11-7-5-10(6-8-11)3-2-4-12(13)14/h5-8H,4,9H2,1H3,(H2,13,14). The van der Waals surface area contributed by atoms with Crippen LogP contribution in [0.5, 0.6) is 0 Å². The van der Waals surface area contributed by atoms with Gasteiger partial charge in [0.25, 0.3) is 0 Å². The number of primary amides is 1. The Morgan fingerprint density at radius 1 is 1.40 bits per heavy atom. The molecule has 3 heteroatoms. The van der Waals surface area contributed by atoms with Crippen molar-refractivity contribution in [3.63, 3.8) is 0 Å². The number of benzene rings is 1. The highest BCUT2D eigenvalue weighted by Crippen LogP contribution is 2.04. The smallest absolute Gasteiger partial charge is 0.229 e. The minimum Gasteiger partial charge on any atom is -0.380 e. The molecule has 0 aliphatic carbocycles. The highest BCUT2D eigenvalue weighted by atomic mass is 16.5. The third-order valence-electron chi connectivity index (χ3n) is 1.76. The van der Waals surface area contributed by atoms with Gasteiger partial charge in [0.15, 0.2) is 0 Å². The van der Waals surface area contributed by atoms with Gasteiger partial charge in [0.05, 0.1) is 13.0 Å². The molecule has 0 bridgehead atoms. The van der Waals surface area contributed by atoms with Crippen LogP contribution in [0.15, 0.2) is 24.3 Å². The van der Waals surface area contributed by atoms with Gasteiger partial charge in [0, 0.05) is 12.7 Å². The number of carbonyl (C=O) groups excluding carboxylic acids is 1. The minimum absolute atomic E-state index is 0.0970. The van der Waals surface area contributed by atoms with Gasteiger partial charge in [-0.2, -0.15) is 0 Å². The van der Waals surface area contributed by atoms with Crippen molar-refractivity contribution in [2.24, 2.45) is 5.73 Å². The van der Waals surface area contributed by atoms with E-state index in [9.17, 15) is 4.79 Å². The quantitative estimate of drug-likeness (QED) is 0.747. The number of rotatable bonds is 3. The molecule has 0 aliphatic rings. The van der Waals surface area contributed by atoms with Gasteiger partial charge in [-0.15, -0.1) is 0 Å². The summed E-state index contributed by atoms with van der Waals surface area (Å²) in [5.41, 5.74) is 6.93. The van der Waals surface area contributed by atoms with Gasteiger partial charge in [-0.05, 0) is 17.7 Å². The van der Waals surface area contributed by atoms with E-state index in [1.54, 1.807) is 7.11 Å². The summed E-state index contributed by atoms with van der Waals surface area (Å²) < 4.78 is 4.98. The van der Waals surface area contributed by atoms with Gasteiger partial charge in [-0.25, -0.2) is 0 Å². The summed E-state index contributed by atoms with van der Waals surface area (Å²) in [4.78, 5) is 10.4. The number of carbonyl (C=O) groups is 1.